The Balaban J connectivity index is 1.78. The van der Waals surface area contributed by atoms with E-state index in [1.54, 1.807) is 6.07 Å². The molecule has 1 aromatic carbocycles. The van der Waals surface area contributed by atoms with Crippen LogP contribution in [-0.2, 0) is 0 Å². The van der Waals surface area contributed by atoms with E-state index in [-0.39, 0.29) is 22.8 Å². The van der Waals surface area contributed by atoms with Crippen molar-refractivity contribution in [3.05, 3.63) is 80.4 Å². The number of rotatable bonds is 4. The predicted octanol–water partition coefficient (Wildman–Crippen LogP) is 3.95. The van der Waals surface area contributed by atoms with Crippen molar-refractivity contribution in [1.29, 1.82) is 0 Å². The van der Waals surface area contributed by atoms with Crippen LogP contribution in [0.15, 0.2) is 63.6 Å². The first-order valence-electron chi connectivity index (χ1n) is 8.00. The summed E-state index contributed by atoms with van der Waals surface area (Å²) in [6.45, 7) is 0. The summed E-state index contributed by atoms with van der Waals surface area (Å²) >= 11 is 1.48. The predicted molar refractivity (Wildman–Crippen MR) is 97.9 cm³/mol. The second-order valence-corrected chi connectivity index (χ2v) is 6.82. The minimum absolute atomic E-state index is 0.0982. The van der Waals surface area contributed by atoms with Crippen molar-refractivity contribution in [3.8, 4) is 5.75 Å². The fraction of sp³-hybridized carbons (Fsp3) is 0.111. The van der Waals surface area contributed by atoms with Crippen molar-refractivity contribution >= 4 is 28.6 Å². The molecular formula is C18H13N3O5S. The maximum Gasteiger partial charge on any atom is 0.310 e. The summed E-state index contributed by atoms with van der Waals surface area (Å²) in [7, 11) is 0. The molecule has 1 amide bonds. The molecule has 4 rings (SSSR count). The first-order chi connectivity index (χ1) is 13.0. The number of thiophene rings is 1. The van der Waals surface area contributed by atoms with Crippen LogP contribution in [0.1, 0.15) is 33.5 Å². The number of carbonyl (C=O) groups is 1. The zero-order chi connectivity index (χ0) is 19.0. The van der Waals surface area contributed by atoms with E-state index < -0.39 is 16.9 Å². The fourth-order valence-electron chi connectivity index (χ4n) is 2.97. The van der Waals surface area contributed by atoms with Gasteiger partial charge >= 0.3 is 5.91 Å². The number of furan rings is 1. The molecule has 0 saturated carbocycles. The van der Waals surface area contributed by atoms with Gasteiger partial charge in [-0.05, 0) is 29.6 Å². The van der Waals surface area contributed by atoms with Crippen LogP contribution in [-0.4, -0.2) is 26.7 Å². The highest BCUT2D eigenvalue weighted by Crippen LogP contribution is 2.39. The highest BCUT2D eigenvalue weighted by atomic mass is 32.1. The van der Waals surface area contributed by atoms with Crippen LogP contribution < -0.4 is 0 Å². The van der Waals surface area contributed by atoms with Crippen molar-refractivity contribution in [1.82, 2.24) is 5.01 Å². The number of amides is 1. The number of phenolic OH excluding ortho intramolecular Hbond substituents is 1. The lowest BCUT2D eigenvalue weighted by Gasteiger charge is -2.21. The number of non-ortho nitro benzene ring substituents is 1. The Hall–Kier alpha value is -3.46. The Bertz CT molecular complexity index is 1030. The minimum atomic E-state index is -0.681. The molecule has 1 aliphatic rings. The molecule has 3 aromatic rings. The number of hydrogen-bond donors (Lipinski definition) is 1. The molecular weight excluding hydrogens is 370 g/mol. The molecule has 1 atom stereocenters. The molecule has 0 fully saturated rings. The standard InChI is InChI=1S/C18H13N3O5S/c22-15-6-5-11(21(24)25)9-12(15)14-10-13(17-4-2-8-27-17)19-20(14)18(23)16-3-1-7-26-16/h1-9,14,22H,10H2/t14-/m1/s1. The first kappa shape index (κ1) is 17.0. The molecule has 136 valence electrons. The largest absolute Gasteiger partial charge is 0.508 e. The molecule has 0 aliphatic carbocycles. The maximum absolute atomic E-state index is 12.9. The normalized spacial score (nSPS) is 16.4. The number of phenols is 1. The fourth-order valence-corrected chi connectivity index (χ4v) is 3.69. The Labute approximate surface area is 157 Å². The monoisotopic (exact) mass is 383 g/mol. The van der Waals surface area contributed by atoms with Crippen LogP contribution in [0, 0.1) is 10.1 Å². The summed E-state index contributed by atoms with van der Waals surface area (Å²) in [6, 6.07) is 9.93. The van der Waals surface area contributed by atoms with Crippen molar-refractivity contribution in [2.75, 3.05) is 0 Å². The van der Waals surface area contributed by atoms with Crippen LogP contribution in [0.5, 0.6) is 5.75 Å². The van der Waals surface area contributed by atoms with Crippen LogP contribution in [0.3, 0.4) is 0 Å². The number of benzene rings is 1. The molecule has 0 radical (unpaired) electrons. The lowest BCUT2D eigenvalue weighted by atomic mass is 9.99. The van der Waals surface area contributed by atoms with E-state index in [1.807, 2.05) is 17.5 Å². The number of nitro benzene ring substituents is 1. The summed E-state index contributed by atoms with van der Waals surface area (Å²) in [5, 5.41) is 29.0. The molecule has 0 bridgehead atoms. The van der Waals surface area contributed by atoms with Gasteiger partial charge in [-0.3, -0.25) is 14.9 Å². The zero-order valence-corrected chi connectivity index (χ0v) is 14.6. The van der Waals surface area contributed by atoms with E-state index in [2.05, 4.69) is 5.10 Å². The summed E-state index contributed by atoms with van der Waals surface area (Å²) in [5.74, 6) is -0.519. The highest BCUT2D eigenvalue weighted by Gasteiger charge is 2.37. The Morgan fingerprint density at radius 3 is 2.85 bits per heavy atom. The van der Waals surface area contributed by atoms with Gasteiger partial charge in [0.15, 0.2) is 5.76 Å². The molecule has 0 unspecified atom stereocenters. The van der Waals surface area contributed by atoms with E-state index in [1.165, 1.54) is 46.9 Å². The smallest absolute Gasteiger partial charge is 0.310 e. The van der Waals surface area contributed by atoms with Gasteiger partial charge in [0.2, 0.25) is 0 Å². The molecule has 1 aliphatic heterocycles. The van der Waals surface area contributed by atoms with Gasteiger partial charge in [-0.2, -0.15) is 5.10 Å². The van der Waals surface area contributed by atoms with Crippen LogP contribution in [0.4, 0.5) is 5.69 Å². The van der Waals surface area contributed by atoms with Gasteiger partial charge in [-0.25, -0.2) is 5.01 Å². The van der Waals surface area contributed by atoms with Gasteiger partial charge in [-0.1, -0.05) is 6.07 Å². The SMILES string of the molecule is O=C(c1ccco1)N1N=C(c2cccs2)C[C@@H]1c1cc([N+](=O)[O-])ccc1O. The second-order valence-electron chi connectivity index (χ2n) is 5.87. The van der Waals surface area contributed by atoms with Crippen molar-refractivity contribution in [2.45, 2.75) is 12.5 Å². The number of hydrogen-bond acceptors (Lipinski definition) is 7. The summed E-state index contributed by atoms with van der Waals surface area (Å²) in [5.41, 5.74) is 0.762. The lowest BCUT2D eigenvalue weighted by molar-refractivity contribution is -0.385. The van der Waals surface area contributed by atoms with Gasteiger partial charge in [0, 0.05) is 24.1 Å². The summed E-state index contributed by atoms with van der Waals surface area (Å²) in [6.07, 6.45) is 1.70. The van der Waals surface area contributed by atoms with Gasteiger partial charge < -0.3 is 9.52 Å². The van der Waals surface area contributed by atoms with Gasteiger partial charge in [-0.15, -0.1) is 11.3 Å². The molecule has 27 heavy (non-hydrogen) atoms. The topological polar surface area (TPSA) is 109 Å². The Morgan fingerprint density at radius 1 is 1.33 bits per heavy atom. The van der Waals surface area contributed by atoms with Gasteiger partial charge in [0.25, 0.3) is 5.69 Å². The second kappa shape index (κ2) is 6.69. The number of carbonyl (C=O) groups excluding carboxylic acids is 1. The third-order valence-corrected chi connectivity index (χ3v) is 5.16. The molecule has 2 aromatic heterocycles. The van der Waals surface area contributed by atoms with Crippen LogP contribution >= 0.6 is 11.3 Å². The Kier molecular flexibility index (Phi) is 4.21. The van der Waals surface area contributed by atoms with E-state index in [0.29, 0.717) is 12.1 Å². The number of hydrazone groups is 1. The molecule has 9 heteroatoms. The summed E-state index contributed by atoms with van der Waals surface area (Å²) < 4.78 is 5.18. The maximum atomic E-state index is 12.9. The van der Waals surface area contributed by atoms with E-state index in [0.717, 1.165) is 4.88 Å². The number of nitrogens with zero attached hydrogens (tertiary/aromatic N) is 3. The van der Waals surface area contributed by atoms with Gasteiger partial charge in [0.05, 0.1) is 27.8 Å². The third kappa shape index (κ3) is 3.08. The van der Waals surface area contributed by atoms with Gasteiger partial charge in [0.1, 0.15) is 5.75 Å². The third-order valence-electron chi connectivity index (χ3n) is 4.24. The number of nitro groups is 1. The summed E-state index contributed by atoms with van der Waals surface area (Å²) in [4.78, 5) is 24.3. The lowest BCUT2D eigenvalue weighted by Crippen LogP contribution is -2.26. The van der Waals surface area contributed by atoms with Crippen LogP contribution in [0.25, 0.3) is 0 Å². The quantitative estimate of drug-likeness (QED) is 0.542. The minimum Gasteiger partial charge on any atom is -0.508 e. The first-order valence-corrected chi connectivity index (χ1v) is 8.88. The molecule has 3 heterocycles. The highest BCUT2D eigenvalue weighted by molar-refractivity contribution is 7.12. The van der Waals surface area contributed by atoms with Crippen LogP contribution in [0.2, 0.25) is 0 Å². The van der Waals surface area contributed by atoms with Crippen molar-refractivity contribution < 1.29 is 19.2 Å². The molecule has 8 nitrogen and oxygen atoms in total. The van der Waals surface area contributed by atoms with Crippen molar-refractivity contribution in [3.63, 3.8) is 0 Å². The zero-order valence-electron chi connectivity index (χ0n) is 13.8. The number of aromatic hydroxyl groups is 1. The average molecular weight is 383 g/mol. The Morgan fingerprint density at radius 2 is 2.19 bits per heavy atom. The van der Waals surface area contributed by atoms with E-state index in [4.69, 9.17) is 4.42 Å². The molecule has 0 spiro atoms. The van der Waals surface area contributed by atoms with Crippen molar-refractivity contribution in [2.24, 2.45) is 5.10 Å². The van der Waals surface area contributed by atoms with E-state index in [9.17, 15) is 20.0 Å². The molecule has 0 saturated heterocycles. The molecule has 1 N–H and O–H groups in total. The average Bonchev–Trinajstić information content (AvgIpc) is 3.41. The van der Waals surface area contributed by atoms with E-state index >= 15 is 0 Å².